The second-order valence-corrected chi connectivity index (χ2v) is 6.23. The van der Waals surface area contributed by atoms with Crippen LogP contribution in [0.3, 0.4) is 0 Å². The smallest absolute Gasteiger partial charge is 0.255 e. The van der Waals surface area contributed by atoms with E-state index in [1.807, 2.05) is 43.3 Å². The van der Waals surface area contributed by atoms with E-state index < -0.39 is 0 Å². The molecule has 1 amide bonds. The zero-order chi connectivity index (χ0) is 16.1. The minimum absolute atomic E-state index is 0.108. The molecule has 2 N–H and O–H groups in total. The predicted octanol–water partition coefficient (Wildman–Crippen LogP) is 4.39. The minimum Gasteiger partial charge on any atom is -0.367 e. The van der Waals surface area contributed by atoms with Crippen molar-refractivity contribution in [1.82, 2.24) is 4.98 Å². The first-order valence-electron chi connectivity index (χ1n) is 8.31. The van der Waals surface area contributed by atoms with E-state index in [4.69, 9.17) is 0 Å². The third kappa shape index (κ3) is 4.31. The molecule has 4 heteroatoms. The van der Waals surface area contributed by atoms with Gasteiger partial charge in [-0.05, 0) is 44.0 Å². The van der Waals surface area contributed by atoms with Crippen LogP contribution in [-0.4, -0.2) is 16.9 Å². The Bertz CT molecular complexity index is 661. The van der Waals surface area contributed by atoms with Gasteiger partial charge >= 0.3 is 0 Å². The number of aromatic nitrogens is 1. The maximum Gasteiger partial charge on any atom is 0.255 e. The van der Waals surface area contributed by atoms with Gasteiger partial charge in [-0.2, -0.15) is 0 Å². The van der Waals surface area contributed by atoms with E-state index in [1.54, 1.807) is 6.20 Å². The van der Waals surface area contributed by atoms with Crippen LogP contribution in [0.25, 0.3) is 0 Å². The van der Waals surface area contributed by atoms with Crippen LogP contribution in [0.5, 0.6) is 0 Å². The van der Waals surface area contributed by atoms with Gasteiger partial charge in [0.15, 0.2) is 0 Å². The average molecular weight is 309 g/mol. The minimum atomic E-state index is -0.108. The molecule has 1 aromatic carbocycles. The Balaban J connectivity index is 1.59. The zero-order valence-electron chi connectivity index (χ0n) is 13.5. The maximum absolute atomic E-state index is 12.2. The molecule has 120 valence electrons. The summed E-state index contributed by atoms with van der Waals surface area (Å²) in [6.07, 6.45) is 8.07. The lowest BCUT2D eigenvalue weighted by molar-refractivity contribution is 0.102. The number of carbonyl (C=O) groups excluding carboxylic acids is 1. The standard InChI is InChI=1S/C19H23N3O/c1-14-6-5-7-15(12-14)19(23)22-17-10-11-18(20-13-17)21-16-8-3-2-4-9-16/h5-7,10-13,16H,2-4,8-9H2,1H3,(H,20,21)(H,22,23). The van der Waals surface area contributed by atoms with Crippen molar-refractivity contribution in [2.45, 2.75) is 45.1 Å². The SMILES string of the molecule is Cc1cccc(C(=O)Nc2ccc(NC3CCCCC3)nc2)c1. The van der Waals surface area contributed by atoms with E-state index in [2.05, 4.69) is 15.6 Å². The van der Waals surface area contributed by atoms with Crippen LogP contribution in [0.2, 0.25) is 0 Å². The van der Waals surface area contributed by atoms with Crippen LogP contribution in [0, 0.1) is 6.92 Å². The van der Waals surface area contributed by atoms with Gasteiger partial charge in [-0.15, -0.1) is 0 Å². The summed E-state index contributed by atoms with van der Waals surface area (Å²) < 4.78 is 0. The second-order valence-electron chi connectivity index (χ2n) is 6.23. The molecule has 1 saturated carbocycles. The van der Waals surface area contributed by atoms with Gasteiger partial charge in [0.25, 0.3) is 5.91 Å². The van der Waals surface area contributed by atoms with E-state index in [1.165, 1.54) is 32.1 Å². The fraction of sp³-hybridized carbons (Fsp3) is 0.368. The molecule has 3 rings (SSSR count). The molecule has 1 aromatic heterocycles. The van der Waals surface area contributed by atoms with Gasteiger partial charge < -0.3 is 10.6 Å². The first-order chi connectivity index (χ1) is 11.2. The largest absolute Gasteiger partial charge is 0.367 e. The van der Waals surface area contributed by atoms with Crippen molar-refractivity contribution in [3.05, 3.63) is 53.7 Å². The highest BCUT2D eigenvalue weighted by atomic mass is 16.1. The summed E-state index contributed by atoms with van der Waals surface area (Å²) in [4.78, 5) is 16.6. The zero-order valence-corrected chi connectivity index (χ0v) is 13.5. The summed E-state index contributed by atoms with van der Waals surface area (Å²) in [5.74, 6) is 0.772. The molecule has 1 heterocycles. The second kappa shape index (κ2) is 7.27. The first kappa shape index (κ1) is 15.5. The van der Waals surface area contributed by atoms with Crippen LogP contribution < -0.4 is 10.6 Å². The molecule has 1 fully saturated rings. The van der Waals surface area contributed by atoms with Crippen LogP contribution in [0.15, 0.2) is 42.6 Å². The van der Waals surface area contributed by atoms with E-state index in [0.29, 0.717) is 17.3 Å². The molecule has 0 aliphatic heterocycles. The number of aryl methyl sites for hydroxylation is 1. The van der Waals surface area contributed by atoms with Gasteiger partial charge in [-0.3, -0.25) is 4.79 Å². The Morgan fingerprint density at radius 2 is 1.96 bits per heavy atom. The van der Waals surface area contributed by atoms with E-state index in [0.717, 1.165) is 11.4 Å². The topological polar surface area (TPSA) is 54.0 Å². The van der Waals surface area contributed by atoms with E-state index in [9.17, 15) is 4.79 Å². The van der Waals surface area contributed by atoms with E-state index >= 15 is 0 Å². The first-order valence-corrected chi connectivity index (χ1v) is 8.31. The summed E-state index contributed by atoms with van der Waals surface area (Å²) in [5.41, 5.74) is 2.45. The number of amides is 1. The lowest BCUT2D eigenvalue weighted by Crippen LogP contribution is -2.22. The highest BCUT2D eigenvalue weighted by molar-refractivity contribution is 6.04. The van der Waals surface area contributed by atoms with Crippen molar-refractivity contribution in [1.29, 1.82) is 0 Å². The normalized spacial score (nSPS) is 15.2. The van der Waals surface area contributed by atoms with Crippen molar-refractivity contribution in [3.8, 4) is 0 Å². The number of pyridine rings is 1. The fourth-order valence-corrected chi connectivity index (χ4v) is 3.00. The third-order valence-electron chi connectivity index (χ3n) is 4.26. The van der Waals surface area contributed by atoms with Gasteiger partial charge in [-0.25, -0.2) is 4.98 Å². The van der Waals surface area contributed by atoms with Gasteiger partial charge in [-0.1, -0.05) is 37.0 Å². The van der Waals surface area contributed by atoms with Gasteiger partial charge in [0, 0.05) is 11.6 Å². The number of rotatable bonds is 4. The van der Waals surface area contributed by atoms with Gasteiger partial charge in [0.1, 0.15) is 5.82 Å². The third-order valence-corrected chi connectivity index (χ3v) is 4.26. The predicted molar refractivity (Wildman–Crippen MR) is 93.9 cm³/mol. The Hall–Kier alpha value is -2.36. The summed E-state index contributed by atoms with van der Waals surface area (Å²) in [6.45, 7) is 1.98. The Morgan fingerprint density at radius 1 is 1.13 bits per heavy atom. The number of carbonyl (C=O) groups is 1. The Labute approximate surface area is 137 Å². The summed E-state index contributed by atoms with van der Waals surface area (Å²) in [6, 6.07) is 11.9. The maximum atomic E-state index is 12.2. The number of nitrogens with one attached hydrogen (secondary N) is 2. The molecule has 4 nitrogen and oxygen atoms in total. The average Bonchev–Trinajstić information content (AvgIpc) is 2.57. The number of anilines is 2. The summed E-state index contributed by atoms with van der Waals surface area (Å²) in [5, 5.41) is 6.36. The fourth-order valence-electron chi connectivity index (χ4n) is 3.00. The molecule has 0 saturated heterocycles. The number of benzene rings is 1. The molecule has 23 heavy (non-hydrogen) atoms. The molecule has 1 aliphatic rings. The Morgan fingerprint density at radius 3 is 2.65 bits per heavy atom. The van der Waals surface area contributed by atoms with Crippen LogP contribution in [0.4, 0.5) is 11.5 Å². The van der Waals surface area contributed by atoms with Crippen molar-refractivity contribution in [3.63, 3.8) is 0 Å². The molecule has 0 unspecified atom stereocenters. The van der Waals surface area contributed by atoms with Crippen molar-refractivity contribution < 1.29 is 4.79 Å². The lowest BCUT2D eigenvalue weighted by atomic mass is 9.95. The molecular weight excluding hydrogens is 286 g/mol. The molecule has 2 aromatic rings. The lowest BCUT2D eigenvalue weighted by Gasteiger charge is -2.23. The molecule has 0 spiro atoms. The molecule has 1 aliphatic carbocycles. The van der Waals surface area contributed by atoms with Gasteiger partial charge in [0.2, 0.25) is 0 Å². The summed E-state index contributed by atoms with van der Waals surface area (Å²) in [7, 11) is 0. The summed E-state index contributed by atoms with van der Waals surface area (Å²) >= 11 is 0. The molecule has 0 radical (unpaired) electrons. The van der Waals surface area contributed by atoms with Crippen molar-refractivity contribution in [2.75, 3.05) is 10.6 Å². The highest BCUT2D eigenvalue weighted by Crippen LogP contribution is 2.21. The van der Waals surface area contributed by atoms with E-state index in [-0.39, 0.29) is 5.91 Å². The Kier molecular flexibility index (Phi) is 4.91. The number of nitrogens with zero attached hydrogens (tertiary/aromatic N) is 1. The van der Waals surface area contributed by atoms with Crippen LogP contribution >= 0.6 is 0 Å². The molecule has 0 bridgehead atoms. The molecule has 0 atom stereocenters. The number of hydrogen-bond acceptors (Lipinski definition) is 3. The monoisotopic (exact) mass is 309 g/mol. The van der Waals surface area contributed by atoms with Gasteiger partial charge in [0.05, 0.1) is 11.9 Å². The van der Waals surface area contributed by atoms with Crippen LogP contribution in [0.1, 0.15) is 48.0 Å². The van der Waals surface area contributed by atoms with Crippen molar-refractivity contribution in [2.24, 2.45) is 0 Å². The number of hydrogen-bond donors (Lipinski definition) is 2. The molecular formula is C19H23N3O. The quantitative estimate of drug-likeness (QED) is 0.881. The highest BCUT2D eigenvalue weighted by Gasteiger charge is 2.13. The van der Waals surface area contributed by atoms with Crippen molar-refractivity contribution >= 4 is 17.4 Å². The van der Waals surface area contributed by atoms with Crippen LogP contribution in [-0.2, 0) is 0 Å².